The average molecular weight is 394 g/mol. The fourth-order valence-corrected chi connectivity index (χ4v) is 5.77. The van der Waals surface area contributed by atoms with Gasteiger partial charge in [0.05, 0.1) is 4.90 Å². The van der Waals surface area contributed by atoms with Crippen LogP contribution < -0.4 is 10.6 Å². The lowest BCUT2D eigenvalue weighted by Crippen LogP contribution is -2.43. The molecule has 0 radical (unpaired) electrons. The van der Waals surface area contributed by atoms with E-state index < -0.39 is 10.0 Å². The molecule has 2 saturated heterocycles. The average Bonchev–Trinajstić information content (AvgIpc) is 3.15. The van der Waals surface area contributed by atoms with Gasteiger partial charge < -0.3 is 10.6 Å². The van der Waals surface area contributed by atoms with Crippen molar-refractivity contribution in [3.63, 3.8) is 0 Å². The first kappa shape index (κ1) is 20.3. The number of hydrogen-bond acceptors (Lipinski definition) is 4. The van der Waals surface area contributed by atoms with E-state index in [0.717, 1.165) is 30.6 Å². The minimum atomic E-state index is -3.49. The summed E-state index contributed by atoms with van der Waals surface area (Å²) in [6, 6.07) is 5.42. The monoisotopic (exact) mass is 393 g/mol. The maximum absolute atomic E-state index is 12.9. The van der Waals surface area contributed by atoms with Crippen LogP contribution in [0.4, 0.5) is 0 Å². The Morgan fingerprint density at radius 1 is 1.22 bits per heavy atom. The lowest BCUT2D eigenvalue weighted by molar-refractivity contribution is -0.126. The summed E-state index contributed by atoms with van der Waals surface area (Å²) in [5.74, 6) is 0.650. The molecule has 1 aromatic rings. The number of sulfonamides is 1. The molecular formula is C20H31N3O3S. The topological polar surface area (TPSA) is 78.5 Å². The van der Waals surface area contributed by atoms with Crippen LogP contribution in [0, 0.1) is 25.7 Å². The third-order valence-electron chi connectivity index (χ3n) is 5.79. The van der Waals surface area contributed by atoms with Crippen molar-refractivity contribution in [3.05, 3.63) is 29.3 Å². The van der Waals surface area contributed by atoms with E-state index in [2.05, 4.69) is 10.6 Å². The van der Waals surface area contributed by atoms with Crippen LogP contribution in [0.25, 0.3) is 0 Å². The van der Waals surface area contributed by atoms with Crippen LogP contribution in [0.2, 0.25) is 0 Å². The number of nitrogens with one attached hydrogen (secondary N) is 2. The highest BCUT2D eigenvalue weighted by Gasteiger charge is 2.32. The number of rotatable bonds is 6. The fraction of sp³-hybridized carbons (Fsp3) is 0.650. The lowest BCUT2D eigenvalue weighted by Gasteiger charge is -2.31. The summed E-state index contributed by atoms with van der Waals surface area (Å²) in [4.78, 5) is 12.8. The van der Waals surface area contributed by atoms with Crippen molar-refractivity contribution in [2.45, 2.75) is 44.4 Å². The number of piperidine rings is 1. The molecule has 0 aromatic heterocycles. The second kappa shape index (κ2) is 8.71. The molecule has 150 valence electrons. The highest BCUT2D eigenvalue weighted by Crippen LogP contribution is 2.26. The normalized spacial score (nSPS) is 22.1. The molecule has 0 spiro atoms. The minimum absolute atomic E-state index is 0.0736. The van der Waals surface area contributed by atoms with Crippen molar-refractivity contribution in [3.8, 4) is 0 Å². The molecule has 2 fully saturated rings. The number of nitrogens with zero attached hydrogens (tertiary/aromatic N) is 1. The first-order valence-corrected chi connectivity index (χ1v) is 11.4. The molecule has 2 N–H and O–H groups in total. The highest BCUT2D eigenvalue weighted by atomic mass is 32.2. The maximum Gasteiger partial charge on any atom is 0.243 e. The third kappa shape index (κ3) is 4.89. The molecule has 1 aromatic carbocycles. The Morgan fingerprint density at radius 2 is 1.96 bits per heavy atom. The molecule has 27 heavy (non-hydrogen) atoms. The summed E-state index contributed by atoms with van der Waals surface area (Å²) >= 11 is 0. The van der Waals surface area contributed by atoms with Gasteiger partial charge in [0.25, 0.3) is 0 Å². The van der Waals surface area contributed by atoms with Gasteiger partial charge in [-0.1, -0.05) is 17.7 Å². The molecule has 0 bridgehead atoms. The Bertz CT molecular complexity index is 765. The van der Waals surface area contributed by atoms with Gasteiger partial charge in [-0.15, -0.1) is 0 Å². The van der Waals surface area contributed by atoms with E-state index in [9.17, 15) is 13.2 Å². The van der Waals surface area contributed by atoms with E-state index in [0.29, 0.717) is 43.3 Å². The van der Waals surface area contributed by atoms with Crippen LogP contribution in [0.3, 0.4) is 0 Å². The van der Waals surface area contributed by atoms with Gasteiger partial charge in [0, 0.05) is 25.6 Å². The number of carbonyl (C=O) groups is 1. The molecule has 1 atom stereocenters. The van der Waals surface area contributed by atoms with E-state index in [1.165, 1.54) is 10.7 Å². The molecule has 1 amide bonds. The first-order valence-electron chi connectivity index (χ1n) is 9.94. The number of benzene rings is 1. The minimum Gasteiger partial charge on any atom is -0.356 e. The van der Waals surface area contributed by atoms with E-state index in [1.807, 2.05) is 26.0 Å². The molecule has 2 aliphatic rings. The van der Waals surface area contributed by atoms with E-state index in [-0.39, 0.29) is 11.8 Å². The van der Waals surface area contributed by atoms with Gasteiger partial charge in [-0.3, -0.25) is 4.79 Å². The predicted molar refractivity (Wildman–Crippen MR) is 106 cm³/mol. The van der Waals surface area contributed by atoms with Crippen LogP contribution in [0.1, 0.15) is 36.8 Å². The predicted octanol–water partition coefficient (Wildman–Crippen LogP) is 1.82. The van der Waals surface area contributed by atoms with Crippen LogP contribution in [-0.2, 0) is 14.8 Å². The first-order chi connectivity index (χ1) is 12.9. The SMILES string of the molecule is Cc1ccc(S(=O)(=O)N2CCC(C(=O)NCCC3CCNC3)CC2)c(C)c1. The van der Waals surface area contributed by atoms with Gasteiger partial charge in [0.2, 0.25) is 15.9 Å². The van der Waals surface area contributed by atoms with Crippen molar-refractivity contribution in [1.82, 2.24) is 14.9 Å². The number of aryl methyl sites for hydroxylation is 2. The zero-order valence-corrected chi connectivity index (χ0v) is 17.1. The van der Waals surface area contributed by atoms with Crippen molar-refractivity contribution in [2.75, 3.05) is 32.7 Å². The molecule has 7 heteroatoms. The summed E-state index contributed by atoms with van der Waals surface area (Å²) in [7, 11) is -3.49. The van der Waals surface area contributed by atoms with Gasteiger partial charge in [0.1, 0.15) is 0 Å². The van der Waals surface area contributed by atoms with Gasteiger partial charge in [-0.2, -0.15) is 4.31 Å². The van der Waals surface area contributed by atoms with Gasteiger partial charge in [-0.05, 0) is 70.2 Å². The molecular weight excluding hydrogens is 362 g/mol. The molecule has 2 aliphatic heterocycles. The summed E-state index contributed by atoms with van der Waals surface area (Å²) < 4.78 is 27.4. The van der Waals surface area contributed by atoms with Crippen LogP contribution in [0.5, 0.6) is 0 Å². The van der Waals surface area contributed by atoms with Crippen molar-refractivity contribution in [1.29, 1.82) is 0 Å². The zero-order chi connectivity index (χ0) is 19.4. The smallest absolute Gasteiger partial charge is 0.243 e. The fourth-order valence-electron chi connectivity index (χ4n) is 4.09. The van der Waals surface area contributed by atoms with Gasteiger partial charge in [0.15, 0.2) is 0 Å². The molecule has 2 heterocycles. The number of carbonyl (C=O) groups excluding carboxylic acids is 1. The van der Waals surface area contributed by atoms with Crippen molar-refractivity contribution in [2.24, 2.45) is 11.8 Å². The number of amides is 1. The van der Waals surface area contributed by atoms with Crippen LogP contribution in [0.15, 0.2) is 23.1 Å². The summed E-state index contributed by atoms with van der Waals surface area (Å²) in [6.07, 6.45) is 3.37. The standard InChI is InChI=1S/C20H31N3O3S/c1-15-3-4-19(16(2)13-15)27(25,26)23-11-7-18(8-12-23)20(24)22-10-6-17-5-9-21-14-17/h3-4,13,17-18,21H,5-12,14H2,1-2H3,(H,22,24). The Balaban J connectivity index is 1.50. The molecule has 3 rings (SSSR count). The Labute approximate surface area is 162 Å². The molecule has 0 saturated carbocycles. The van der Waals surface area contributed by atoms with Crippen LogP contribution >= 0.6 is 0 Å². The molecule has 0 aliphatic carbocycles. The third-order valence-corrected chi connectivity index (χ3v) is 7.85. The highest BCUT2D eigenvalue weighted by molar-refractivity contribution is 7.89. The zero-order valence-electron chi connectivity index (χ0n) is 16.3. The Hall–Kier alpha value is -1.44. The van der Waals surface area contributed by atoms with E-state index >= 15 is 0 Å². The van der Waals surface area contributed by atoms with E-state index in [4.69, 9.17) is 0 Å². The summed E-state index contributed by atoms with van der Waals surface area (Å²) in [5, 5.41) is 6.38. The van der Waals surface area contributed by atoms with Crippen LogP contribution in [-0.4, -0.2) is 51.4 Å². The number of hydrogen-bond donors (Lipinski definition) is 2. The van der Waals surface area contributed by atoms with Gasteiger partial charge >= 0.3 is 0 Å². The van der Waals surface area contributed by atoms with Gasteiger partial charge in [-0.25, -0.2) is 8.42 Å². The largest absolute Gasteiger partial charge is 0.356 e. The summed E-state index contributed by atoms with van der Waals surface area (Å²) in [5.41, 5.74) is 1.83. The molecule has 1 unspecified atom stereocenters. The second-order valence-electron chi connectivity index (χ2n) is 7.89. The Kier molecular flexibility index (Phi) is 6.55. The molecule has 6 nitrogen and oxygen atoms in total. The van der Waals surface area contributed by atoms with Crippen molar-refractivity contribution < 1.29 is 13.2 Å². The van der Waals surface area contributed by atoms with Crippen molar-refractivity contribution >= 4 is 15.9 Å². The second-order valence-corrected chi connectivity index (χ2v) is 9.79. The maximum atomic E-state index is 12.9. The lowest BCUT2D eigenvalue weighted by atomic mass is 9.97. The summed E-state index contributed by atoms with van der Waals surface area (Å²) in [6.45, 7) is 7.43. The Morgan fingerprint density at radius 3 is 2.59 bits per heavy atom. The quantitative estimate of drug-likeness (QED) is 0.773. The van der Waals surface area contributed by atoms with E-state index in [1.54, 1.807) is 6.07 Å².